The largest absolute Gasteiger partial charge is 0.494 e. The third-order valence-corrected chi connectivity index (χ3v) is 7.12. The predicted octanol–water partition coefficient (Wildman–Crippen LogP) is 6.62. The Bertz CT molecular complexity index is 1360. The number of aryl methyl sites for hydroxylation is 3. The fraction of sp³-hybridized carbons (Fsp3) is 0.394. The molecule has 0 saturated heterocycles. The molecule has 212 valence electrons. The Hall–Kier alpha value is -4.00. The van der Waals surface area contributed by atoms with Crippen LogP contribution in [0.4, 0.5) is 0 Å². The van der Waals surface area contributed by atoms with Gasteiger partial charge in [0.25, 0.3) is 5.91 Å². The molecule has 1 aromatic heterocycles. The highest BCUT2D eigenvalue weighted by Crippen LogP contribution is 2.27. The molecule has 0 aliphatic carbocycles. The normalized spacial score (nSPS) is 11.0. The Labute approximate surface area is 237 Å². The van der Waals surface area contributed by atoms with Crippen LogP contribution in [0.2, 0.25) is 0 Å². The quantitative estimate of drug-likeness (QED) is 0.161. The smallest absolute Gasteiger partial charge is 0.251 e. The molecular weight excluding hydrogens is 502 g/mol. The minimum Gasteiger partial charge on any atom is -0.494 e. The first-order valence-electron chi connectivity index (χ1n) is 14.3. The van der Waals surface area contributed by atoms with Crippen molar-refractivity contribution in [3.05, 3.63) is 83.7 Å². The highest BCUT2D eigenvalue weighted by Gasteiger charge is 2.12. The monoisotopic (exact) mass is 543 g/mol. The van der Waals surface area contributed by atoms with Crippen LogP contribution in [-0.4, -0.2) is 42.8 Å². The van der Waals surface area contributed by atoms with Gasteiger partial charge in [0.05, 0.1) is 31.9 Å². The summed E-state index contributed by atoms with van der Waals surface area (Å²) in [5, 5.41) is 3.01. The summed E-state index contributed by atoms with van der Waals surface area (Å²) in [4.78, 5) is 17.5. The molecule has 0 fully saturated rings. The van der Waals surface area contributed by atoms with Crippen molar-refractivity contribution in [3.8, 4) is 17.2 Å². The van der Waals surface area contributed by atoms with Crippen molar-refractivity contribution in [3.63, 3.8) is 0 Å². The second-order valence-corrected chi connectivity index (χ2v) is 9.86. The van der Waals surface area contributed by atoms with Crippen LogP contribution in [0.25, 0.3) is 11.0 Å². The van der Waals surface area contributed by atoms with Gasteiger partial charge in [-0.1, -0.05) is 37.6 Å². The molecule has 0 spiro atoms. The van der Waals surface area contributed by atoms with Crippen LogP contribution in [0.15, 0.2) is 66.7 Å². The predicted molar refractivity (Wildman–Crippen MR) is 160 cm³/mol. The maximum atomic E-state index is 12.5. The lowest BCUT2D eigenvalue weighted by Gasteiger charge is -2.11. The number of nitrogens with zero attached hydrogens (tertiary/aromatic N) is 2. The Kier molecular flexibility index (Phi) is 10.8. The number of nitrogens with one attached hydrogen (secondary N) is 1. The van der Waals surface area contributed by atoms with E-state index in [-0.39, 0.29) is 5.91 Å². The lowest BCUT2D eigenvalue weighted by atomic mass is 10.1. The number of fused-ring (bicyclic) bond motifs is 1. The summed E-state index contributed by atoms with van der Waals surface area (Å²) in [5.41, 5.74) is 4.13. The molecule has 40 heavy (non-hydrogen) atoms. The van der Waals surface area contributed by atoms with E-state index in [0.717, 1.165) is 68.6 Å². The van der Waals surface area contributed by atoms with Gasteiger partial charge >= 0.3 is 0 Å². The Morgan fingerprint density at radius 3 is 2.45 bits per heavy atom. The van der Waals surface area contributed by atoms with E-state index in [1.807, 2.05) is 6.07 Å². The van der Waals surface area contributed by atoms with Gasteiger partial charge in [-0.25, -0.2) is 4.98 Å². The Morgan fingerprint density at radius 1 is 0.875 bits per heavy atom. The molecule has 3 aromatic carbocycles. The van der Waals surface area contributed by atoms with Crippen molar-refractivity contribution in [2.45, 2.75) is 58.4 Å². The first-order chi connectivity index (χ1) is 19.6. The number of aromatic nitrogens is 2. The first kappa shape index (κ1) is 29.0. The molecule has 0 aliphatic heterocycles. The van der Waals surface area contributed by atoms with E-state index < -0.39 is 0 Å². The molecule has 0 saturated carbocycles. The van der Waals surface area contributed by atoms with Crippen LogP contribution < -0.4 is 19.5 Å². The first-order valence-corrected chi connectivity index (χ1v) is 14.3. The summed E-state index contributed by atoms with van der Waals surface area (Å²) in [7, 11) is 3.14. The maximum absolute atomic E-state index is 12.5. The van der Waals surface area contributed by atoms with Gasteiger partial charge < -0.3 is 24.1 Å². The van der Waals surface area contributed by atoms with Gasteiger partial charge in [-0.3, -0.25) is 4.79 Å². The third-order valence-electron chi connectivity index (χ3n) is 7.12. The number of para-hydroxylation sites is 2. The minimum absolute atomic E-state index is 0.107. The standard InChI is InChI=1S/C33H41N3O4/c1-4-25-15-18-27(19-16-25)40-23-11-10-22-36-29-13-8-7-12-28(29)35-32(36)14-6-5-9-21-34-33(37)26-17-20-30(38-2)31(24-26)39-3/h7-8,12-13,15-20,24H,4-6,9-11,14,21-23H2,1-3H3,(H,34,37). The van der Waals surface area contributed by atoms with Crippen molar-refractivity contribution in [1.29, 1.82) is 0 Å². The number of carbonyl (C=O) groups is 1. The fourth-order valence-electron chi connectivity index (χ4n) is 4.82. The lowest BCUT2D eigenvalue weighted by Crippen LogP contribution is -2.24. The highest BCUT2D eigenvalue weighted by molar-refractivity contribution is 5.94. The number of unbranched alkanes of at least 4 members (excludes halogenated alkanes) is 3. The van der Waals surface area contributed by atoms with E-state index in [2.05, 4.69) is 59.3 Å². The fourth-order valence-corrected chi connectivity index (χ4v) is 4.82. The Balaban J connectivity index is 1.21. The van der Waals surface area contributed by atoms with Gasteiger partial charge in [0.1, 0.15) is 11.6 Å². The van der Waals surface area contributed by atoms with Gasteiger partial charge in [-0.15, -0.1) is 0 Å². The summed E-state index contributed by atoms with van der Waals surface area (Å²) in [6.45, 7) is 4.43. The summed E-state index contributed by atoms with van der Waals surface area (Å²) in [5.74, 6) is 3.12. The zero-order chi connectivity index (χ0) is 28.2. The zero-order valence-electron chi connectivity index (χ0n) is 23.9. The van der Waals surface area contributed by atoms with E-state index in [1.54, 1.807) is 32.4 Å². The molecule has 0 radical (unpaired) electrons. The average Bonchev–Trinajstić information content (AvgIpc) is 3.35. The second kappa shape index (κ2) is 15.0. The molecule has 7 nitrogen and oxygen atoms in total. The Morgan fingerprint density at radius 2 is 1.68 bits per heavy atom. The van der Waals surface area contributed by atoms with Gasteiger partial charge in [0, 0.05) is 25.1 Å². The van der Waals surface area contributed by atoms with Crippen molar-refractivity contribution >= 4 is 16.9 Å². The number of rotatable bonds is 16. The molecule has 0 bridgehead atoms. The summed E-state index contributed by atoms with van der Waals surface area (Å²) < 4.78 is 18.9. The molecular formula is C33H41N3O4. The lowest BCUT2D eigenvalue weighted by molar-refractivity contribution is 0.0952. The number of methoxy groups -OCH3 is 2. The summed E-state index contributed by atoms with van der Waals surface area (Å²) in [6, 6.07) is 21.9. The van der Waals surface area contributed by atoms with Gasteiger partial charge in [0.2, 0.25) is 0 Å². The molecule has 0 unspecified atom stereocenters. The van der Waals surface area contributed by atoms with Crippen LogP contribution in [0.1, 0.15) is 60.8 Å². The zero-order valence-corrected chi connectivity index (χ0v) is 23.9. The van der Waals surface area contributed by atoms with E-state index in [0.29, 0.717) is 30.2 Å². The van der Waals surface area contributed by atoms with Crippen LogP contribution in [0, 0.1) is 0 Å². The van der Waals surface area contributed by atoms with Crippen molar-refractivity contribution in [2.75, 3.05) is 27.4 Å². The number of imidazole rings is 1. The van der Waals surface area contributed by atoms with Gasteiger partial charge in [-0.05, 0) is 80.1 Å². The van der Waals surface area contributed by atoms with Crippen molar-refractivity contribution in [1.82, 2.24) is 14.9 Å². The van der Waals surface area contributed by atoms with Gasteiger partial charge in [0.15, 0.2) is 11.5 Å². The molecule has 4 aromatic rings. The third kappa shape index (κ3) is 7.78. The van der Waals surface area contributed by atoms with Crippen LogP contribution in [0.3, 0.4) is 0 Å². The van der Waals surface area contributed by atoms with E-state index in [9.17, 15) is 4.79 Å². The highest BCUT2D eigenvalue weighted by atomic mass is 16.5. The van der Waals surface area contributed by atoms with Crippen molar-refractivity contribution in [2.24, 2.45) is 0 Å². The van der Waals surface area contributed by atoms with E-state index >= 15 is 0 Å². The number of amides is 1. The van der Waals surface area contributed by atoms with Crippen LogP contribution in [-0.2, 0) is 19.4 Å². The second-order valence-electron chi connectivity index (χ2n) is 9.86. The molecule has 1 N–H and O–H groups in total. The molecule has 1 amide bonds. The maximum Gasteiger partial charge on any atom is 0.251 e. The molecule has 7 heteroatoms. The molecule has 1 heterocycles. The topological polar surface area (TPSA) is 74.6 Å². The summed E-state index contributed by atoms with van der Waals surface area (Å²) >= 11 is 0. The number of benzene rings is 3. The molecule has 0 atom stereocenters. The molecule has 4 rings (SSSR count). The number of carbonyl (C=O) groups excluding carboxylic acids is 1. The number of ether oxygens (including phenoxy) is 3. The SMILES string of the molecule is CCc1ccc(OCCCCn2c(CCCCCNC(=O)c3ccc(OC)c(OC)c3)nc3ccccc32)cc1. The number of hydrogen-bond donors (Lipinski definition) is 1. The molecule has 0 aliphatic rings. The average molecular weight is 544 g/mol. The van der Waals surface area contributed by atoms with E-state index in [1.165, 1.54) is 11.1 Å². The van der Waals surface area contributed by atoms with Gasteiger partial charge in [-0.2, -0.15) is 0 Å². The minimum atomic E-state index is -0.107. The summed E-state index contributed by atoms with van der Waals surface area (Å²) in [6.07, 6.45) is 6.92. The number of hydrogen-bond acceptors (Lipinski definition) is 5. The van der Waals surface area contributed by atoms with Crippen LogP contribution in [0.5, 0.6) is 17.2 Å². The van der Waals surface area contributed by atoms with Crippen LogP contribution >= 0.6 is 0 Å². The van der Waals surface area contributed by atoms with E-state index in [4.69, 9.17) is 19.2 Å². The van der Waals surface area contributed by atoms with Crippen molar-refractivity contribution < 1.29 is 19.0 Å².